The van der Waals surface area contributed by atoms with Crippen LogP contribution in [0.3, 0.4) is 0 Å². The normalized spacial score (nSPS) is 12.0. The lowest BCUT2D eigenvalue weighted by Gasteiger charge is -2.25. The quantitative estimate of drug-likeness (QED) is 0.940. The number of pyridine rings is 1. The summed E-state index contributed by atoms with van der Waals surface area (Å²) in [5.74, 6) is -0.578. The lowest BCUT2D eigenvalue weighted by molar-refractivity contribution is 0.0734. The molecule has 4 nitrogen and oxygen atoms in total. The van der Waals surface area contributed by atoms with Gasteiger partial charge >= 0.3 is 0 Å². The molecular formula is C16H18FN3O. The zero-order valence-electron chi connectivity index (χ0n) is 12.1. The molecule has 2 N–H and O–H groups in total. The van der Waals surface area contributed by atoms with Crippen molar-refractivity contribution in [3.05, 3.63) is 65.2 Å². The summed E-state index contributed by atoms with van der Waals surface area (Å²) in [5, 5.41) is 0. The SMILES string of the molecule is CC(c1ccccc1F)N(C)C(=O)c1ccc(CN)cn1. The van der Waals surface area contributed by atoms with Crippen molar-refractivity contribution in [1.29, 1.82) is 0 Å². The largest absolute Gasteiger partial charge is 0.334 e. The van der Waals surface area contributed by atoms with Gasteiger partial charge in [-0.3, -0.25) is 9.78 Å². The van der Waals surface area contributed by atoms with Crippen molar-refractivity contribution in [2.75, 3.05) is 7.05 Å². The van der Waals surface area contributed by atoms with Crippen LogP contribution in [0.15, 0.2) is 42.6 Å². The molecule has 1 heterocycles. The van der Waals surface area contributed by atoms with E-state index in [9.17, 15) is 9.18 Å². The Bertz CT molecular complexity index is 628. The maximum atomic E-state index is 13.8. The van der Waals surface area contributed by atoms with Gasteiger partial charge in [0.2, 0.25) is 0 Å². The van der Waals surface area contributed by atoms with Gasteiger partial charge in [0.15, 0.2) is 0 Å². The molecule has 0 radical (unpaired) electrons. The summed E-state index contributed by atoms with van der Waals surface area (Å²) in [6.07, 6.45) is 1.58. The number of carbonyl (C=O) groups excluding carboxylic acids is 1. The van der Waals surface area contributed by atoms with Crippen LogP contribution in [-0.4, -0.2) is 22.8 Å². The van der Waals surface area contributed by atoms with E-state index in [-0.39, 0.29) is 17.8 Å². The van der Waals surface area contributed by atoms with E-state index in [0.29, 0.717) is 17.8 Å². The third-order valence-corrected chi connectivity index (χ3v) is 3.54. The highest BCUT2D eigenvalue weighted by Crippen LogP contribution is 2.22. The average molecular weight is 287 g/mol. The third kappa shape index (κ3) is 3.25. The van der Waals surface area contributed by atoms with E-state index in [2.05, 4.69) is 4.98 Å². The Kier molecular flexibility index (Phi) is 4.65. The zero-order valence-corrected chi connectivity index (χ0v) is 12.1. The van der Waals surface area contributed by atoms with E-state index in [0.717, 1.165) is 5.56 Å². The van der Waals surface area contributed by atoms with Crippen LogP contribution in [0.5, 0.6) is 0 Å². The van der Waals surface area contributed by atoms with E-state index in [1.165, 1.54) is 11.0 Å². The van der Waals surface area contributed by atoms with Crippen LogP contribution in [0.25, 0.3) is 0 Å². The molecule has 1 aromatic carbocycles. The van der Waals surface area contributed by atoms with Crippen molar-refractivity contribution in [3.8, 4) is 0 Å². The highest BCUT2D eigenvalue weighted by molar-refractivity contribution is 5.92. The van der Waals surface area contributed by atoms with Crippen LogP contribution in [-0.2, 0) is 6.54 Å². The molecular weight excluding hydrogens is 269 g/mol. The Morgan fingerprint density at radius 3 is 2.62 bits per heavy atom. The lowest BCUT2D eigenvalue weighted by atomic mass is 10.1. The number of benzene rings is 1. The summed E-state index contributed by atoms with van der Waals surface area (Å²) < 4.78 is 13.8. The number of hydrogen-bond acceptors (Lipinski definition) is 3. The van der Waals surface area contributed by atoms with Crippen molar-refractivity contribution in [2.45, 2.75) is 19.5 Å². The third-order valence-electron chi connectivity index (χ3n) is 3.54. The van der Waals surface area contributed by atoms with Crippen LogP contribution >= 0.6 is 0 Å². The van der Waals surface area contributed by atoms with Crippen LogP contribution in [0.2, 0.25) is 0 Å². The summed E-state index contributed by atoms with van der Waals surface area (Å²) in [6, 6.07) is 9.46. The molecule has 0 saturated carbocycles. The molecule has 1 aromatic heterocycles. The van der Waals surface area contributed by atoms with Gasteiger partial charge in [-0.25, -0.2) is 4.39 Å². The Labute approximate surface area is 123 Å². The number of aromatic nitrogens is 1. The van der Waals surface area contributed by atoms with E-state index in [1.807, 2.05) is 0 Å². The van der Waals surface area contributed by atoms with Crippen molar-refractivity contribution < 1.29 is 9.18 Å². The number of nitrogens with two attached hydrogens (primary N) is 1. The molecule has 1 amide bonds. The fourth-order valence-electron chi connectivity index (χ4n) is 2.05. The highest BCUT2D eigenvalue weighted by atomic mass is 19.1. The fraction of sp³-hybridized carbons (Fsp3) is 0.250. The monoisotopic (exact) mass is 287 g/mol. The smallest absolute Gasteiger partial charge is 0.272 e. The number of rotatable bonds is 4. The Morgan fingerprint density at radius 1 is 1.33 bits per heavy atom. The van der Waals surface area contributed by atoms with Gasteiger partial charge in [0.25, 0.3) is 5.91 Å². The molecule has 0 bridgehead atoms. The van der Waals surface area contributed by atoms with Gasteiger partial charge in [-0.05, 0) is 24.6 Å². The molecule has 2 rings (SSSR count). The zero-order chi connectivity index (χ0) is 15.4. The second kappa shape index (κ2) is 6.45. The molecule has 0 fully saturated rings. The predicted octanol–water partition coefficient (Wildman–Crippen LogP) is 2.51. The number of halogens is 1. The standard InChI is InChI=1S/C16H18FN3O/c1-11(13-5-3-4-6-14(13)17)20(2)16(21)15-8-7-12(9-18)10-19-15/h3-8,10-11H,9,18H2,1-2H3. The minimum Gasteiger partial charge on any atom is -0.334 e. The number of carbonyl (C=O) groups is 1. The van der Waals surface area contributed by atoms with Crippen LogP contribution < -0.4 is 5.73 Å². The lowest BCUT2D eigenvalue weighted by Crippen LogP contribution is -2.30. The Morgan fingerprint density at radius 2 is 2.05 bits per heavy atom. The average Bonchev–Trinajstić information content (AvgIpc) is 2.53. The van der Waals surface area contributed by atoms with Gasteiger partial charge in [-0.1, -0.05) is 24.3 Å². The van der Waals surface area contributed by atoms with Crippen LogP contribution in [0, 0.1) is 5.82 Å². The minimum absolute atomic E-state index is 0.255. The molecule has 21 heavy (non-hydrogen) atoms. The second-order valence-electron chi connectivity index (χ2n) is 4.87. The molecule has 0 aliphatic heterocycles. The predicted molar refractivity (Wildman–Crippen MR) is 79.0 cm³/mol. The Hall–Kier alpha value is -2.27. The number of amides is 1. The first-order valence-electron chi connectivity index (χ1n) is 6.71. The summed E-state index contributed by atoms with van der Waals surface area (Å²) in [7, 11) is 1.64. The molecule has 110 valence electrons. The first kappa shape index (κ1) is 15.1. The first-order chi connectivity index (χ1) is 10.0. The molecule has 0 saturated heterocycles. The van der Waals surface area contributed by atoms with Gasteiger partial charge in [-0.15, -0.1) is 0 Å². The van der Waals surface area contributed by atoms with Gasteiger partial charge < -0.3 is 10.6 Å². The van der Waals surface area contributed by atoms with E-state index in [4.69, 9.17) is 5.73 Å². The molecule has 0 spiro atoms. The molecule has 2 aromatic rings. The summed E-state index contributed by atoms with van der Waals surface area (Å²) in [6.45, 7) is 2.16. The second-order valence-corrected chi connectivity index (χ2v) is 4.87. The minimum atomic E-state index is -0.380. The fourth-order valence-corrected chi connectivity index (χ4v) is 2.05. The van der Waals surface area contributed by atoms with E-state index in [1.54, 1.807) is 50.5 Å². The topological polar surface area (TPSA) is 59.2 Å². The van der Waals surface area contributed by atoms with Gasteiger partial charge in [-0.2, -0.15) is 0 Å². The molecule has 0 aliphatic rings. The van der Waals surface area contributed by atoms with Gasteiger partial charge in [0.05, 0.1) is 6.04 Å². The maximum absolute atomic E-state index is 13.8. The maximum Gasteiger partial charge on any atom is 0.272 e. The van der Waals surface area contributed by atoms with Crippen LogP contribution in [0.1, 0.15) is 34.6 Å². The van der Waals surface area contributed by atoms with E-state index >= 15 is 0 Å². The molecule has 0 aliphatic carbocycles. The van der Waals surface area contributed by atoms with Gasteiger partial charge in [0, 0.05) is 25.4 Å². The Balaban J connectivity index is 2.20. The van der Waals surface area contributed by atoms with Crippen molar-refractivity contribution in [3.63, 3.8) is 0 Å². The van der Waals surface area contributed by atoms with Crippen molar-refractivity contribution in [1.82, 2.24) is 9.88 Å². The number of hydrogen-bond donors (Lipinski definition) is 1. The van der Waals surface area contributed by atoms with Gasteiger partial charge in [0.1, 0.15) is 11.5 Å². The van der Waals surface area contributed by atoms with Crippen molar-refractivity contribution >= 4 is 5.91 Å². The molecule has 1 unspecified atom stereocenters. The molecule has 5 heteroatoms. The highest BCUT2D eigenvalue weighted by Gasteiger charge is 2.21. The number of nitrogens with zero attached hydrogens (tertiary/aromatic N) is 2. The van der Waals surface area contributed by atoms with E-state index < -0.39 is 0 Å². The summed E-state index contributed by atoms with van der Waals surface area (Å²) in [5.41, 5.74) is 7.15. The molecule has 1 atom stereocenters. The first-order valence-corrected chi connectivity index (χ1v) is 6.71. The summed E-state index contributed by atoms with van der Waals surface area (Å²) in [4.78, 5) is 18.0. The van der Waals surface area contributed by atoms with Crippen LogP contribution in [0.4, 0.5) is 4.39 Å². The summed E-state index contributed by atoms with van der Waals surface area (Å²) >= 11 is 0. The van der Waals surface area contributed by atoms with Crippen molar-refractivity contribution in [2.24, 2.45) is 5.73 Å².